The summed E-state index contributed by atoms with van der Waals surface area (Å²) in [4.78, 5) is 13.6. The largest absolute Gasteiger partial charge is 0.335 e. The molecule has 0 aromatic heterocycles. The fraction of sp³-hybridized carbons (Fsp3) is 0.267. The molecular formula is C15H18ClNO. The Morgan fingerprint density at radius 1 is 1.39 bits per heavy atom. The molecule has 96 valence electrons. The van der Waals surface area contributed by atoms with E-state index in [1.165, 1.54) is 0 Å². The van der Waals surface area contributed by atoms with Gasteiger partial charge in [0, 0.05) is 18.1 Å². The van der Waals surface area contributed by atoms with Crippen LogP contribution >= 0.6 is 11.6 Å². The Labute approximate surface area is 114 Å². The number of amides is 1. The van der Waals surface area contributed by atoms with Crippen LogP contribution in [0.1, 0.15) is 25.5 Å². The van der Waals surface area contributed by atoms with Gasteiger partial charge in [-0.25, -0.2) is 0 Å². The monoisotopic (exact) mass is 263 g/mol. The van der Waals surface area contributed by atoms with Crippen molar-refractivity contribution in [3.8, 4) is 0 Å². The lowest BCUT2D eigenvalue weighted by atomic mass is 10.1. The third-order valence-corrected chi connectivity index (χ3v) is 3.04. The molecule has 1 atom stereocenters. The second-order valence-corrected chi connectivity index (χ2v) is 4.50. The Bertz CT molecular complexity index is 465. The van der Waals surface area contributed by atoms with Crippen LogP contribution in [0.5, 0.6) is 0 Å². The molecule has 0 fully saturated rings. The predicted octanol–water partition coefficient (Wildman–Crippen LogP) is 3.99. The van der Waals surface area contributed by atoms with Gasteiger partial charge in [0.1, 0.15) is 0 Å². The number of allylic oxidation sites excluding steroid dienone is 3. The highest BCUT2D eigenvalue weighted by molar-refractivity contribution is 6.30. The number of benzene rings is 1. The molecule has 1 unspecified atom stereocenters. The number of rotatable bonds is 4. The van der Waals surface area contributed by atoms with Gasteiger partial charge in [-0.15, -0.1) is 0 Å². The summed E-state index contributed by atoms with van der Waals surface area (Å²) in [5.74, 6) is -0.0272. The minimum atomic E-state index is -0.0272. The third kappa shape index (κ3) is 4.04. The molecule has 18 heavy (non-hydrogen) atoms. The minimum absolute atomic E-state index is 0.00791. The number of carbonyl (C=O) groups excluding carboxylic acids is 1. The van der Waals surface area contributed by atoms with Crippen molar-refractivity contribution in [3.63, 3.8) is 0 Å². The van der Waals surface area contributed by atoms with E-state index in [1.807, 2.05) is 50.3 Å². The number of halogens is 1. The van der Waals surface area contributed by atoms with Crippen LogP contribution in [0.2, 0.25) is 5.02 Å². The molecule has 2 nitrogen and oxygen atoms in total. The van der Waals surface area contributed by atoms with Gasteiger partial charge in [0.15, 0.2) is 0 Å². The van der Waals surface area contributed by atoms with Crippen molar-refractivity contribution in [1.82, 2.24) is 4.90 Å². The standard InChI is InChI=1S/C15H18ClNO/c1-4-5-6-10-15(18)17(3)12(2)13-8-7-9-14(16)11-13/h4-12H,1-3H3/b5-4+,10-6+. The van der Waals surface area contributed by atoms with Crippen molar-refractivity contribution in [2.75, 3.05) is 7.05 Å². The average Bonchev–Trinajstić information content (AvgIpc) is 2.37. The minimum Gasteiger partial charge on any atom is -0.335 e. The van der Waals surface area contributed by atoms with E-state index in [0.29, 0.717) is 5.02 Å². The summed E-state index contributed by atoms with van der Waals surface area (Å²) in [5, 5.41) is 0.685. The molecule has 0 saturated heterocycles. The highest BCUT2D eigenvalue weighted by Crippen LogP contribution is 2.21. The quantitative estimate of drug-likeness (QED) is 0.594. The van der Waals surface area contributed by atoms with Crippen LogP contribution in [0, 0.1) is 0 Å². The molecule has 0 aliphatic heterocycles. The molecule has 1 rings (SSSR count). The van der Waals surface area contributed by atoms with E-state index in [2.05, 4.69) is 0 Å². The van der Waals surface area contributed by atoms with E-state index in [1.54, 1.807) is 24.1 Å². The second kappa shape index (κ2) is 7.02. The summed E-state index contributed by atoms with van der Waals surface area (Å²) in [7, 11) is 1.79. The molecule has 0 N–H and O–H groups in total. The maximum Gasteiger partial charge on any atom is 0.246 e. The fourth-order valence-corrected chi connectivity index (χ4v) is 1.75. The number of nitrogens with zero attached hydrogens (tertiary/aromatic N) is 1. The first-order valence-electron chi connectivity index (χ1n) is 5.88. The van der Waals surface area contributed by atoms with E-state index in [-0.39, 0.29) is 11.9 Å². The van der Waals surface area contributed by atoms with E-state index in [0.717, 1.165) is 5.56 Å². The first-order valence-corrected chi connectivity index (χ1v) is 6.25. The molecule has 0 bridgehead atoms. The number of hydrogen-bond acceptors (Lipinski definition) is 1. The molecule has 1 aromatic rings. The lowest BCUT2D eigenvalue weighted by Crippen LogP contribution is -2.27. The lowest BCUT2D eigenvalue weighted by molar-refractivity contribution is -0.126. The normalized spacial score (nSPS) is 13.1. The van der Waals surface area contributed by atoms with Gasteiger partial charge in [-0.05, 0) is 31.5 Å². The Morgan fingerprint density at radius 2 is 2.11 bits per heavy atom. The molecule has 0 saturated carbocycles. The number of carbonyl (C=O) groups is 1. The van der Waals surface area contributed by atoms with Crippen LogP contribution in [-0.4, -0.2) is 17.9 Å². The summed E-state index contributed by atoms with van der Waals surface area (Å²) in [6, 6.07) is 7.56. The van der Waals surface area contributed by atoms with Gasteiger partial charge in [-0.3, -0.25) is 4.79 Å². The van der Waals surface area contributed by atoms with Gasteiger partial charge in [-0.1, -0.05) is 42.0 Å². The molecule has 0 spiro atoms. The van der Waals surface area contributed by atoms with Crippen LogP contribution in [-0.2, 0) is 4.79 Å². The van der Waals surface area contributed by atoms with Crippen LogP contribution in [0.25, 0.3) is 0 Å². The van der Waals surface area contributed by atoms with Gasteiger partial charge in [0.25, 0.3) is 0 Å². The molecule has 0 radical (unpaired) electrons. The van der Waals surface area contributed by atoms with Crippen molar-refractivity contribution in [2.24, 2.45) is 0 Å². The summed E-state index contributed by atoms with van der Waals surface area (Å²) in [6.07, 6.45) is 7.00. The van der Waals surface area contributed by atoms with Gasteiger partial charge in [-0.2, -0.15) is 0 Å². The molecular weight excluding hydrogens is 246 g/mol. The Morgan fingerprint density at radius 3 is 2.72 bits per heavy atom. The third-order valence-electron chi connectivity index (χ3n) is 2.80. The summed E-state index contributed by atoms with van der Waals surface area (Å²) < 4.78 is 0. The molecule has 0 aliphatic carbocycles. The van der Waals surface area contributed by atoms with Crippen molar-refractivity contribution < 1.29 is 4.79 Å². The van der Waals surface area contributed by atoms with E-state index in [9.17, 15) is 4.79 Å². The van der Waals surface area contributed by atoms with E-state index >= 15 is 0 Å². The van der Waals surface area contributed by atoms with Crippen LogP contribution < -0.4 is 0 Å². The Balaban J connectivity index is 2.77. The predicted molar refractivity (Wildman–Crippen MR) is 76.6 cm³/mol. The van der Waals surface area contributed by atoms with Crippen molar-refractivity contribution >= 4 is 17.5 Å². The highest BCUT2D eigenvalue weighted by Gasteiger charge is 2.15. The van der Waals surface area contributed by atoms with Gasteiger partial charge in [0.2, 0.25) is 5.91 Å². The molecule has 0 aliphatic rings. The summed E-state index contributed by atoms with van der Waals surface area (Å²) >= 11 is 5.95. The summed E-state index contributed by atoms with van der Waals surface area (Å²) in [5.41, 5.74) is 1.03. The molecule has 0 heterocycles. The number of likely N-dealkylation sites (N-methyl/N-ethyl adjacent to an activating group) is 1. The zero-order valence-electron chi connectivity index (χ0n) is 10.9. The lowest BCUT2D eigenvalue weighted by Gasteiger charge is -2.24. The molecule has 3 heteroatoms. The first-order chi connectivity index (χ1) is 8.56. The van der Waals surface area contributed by atoms with Crippen molar-refractivity contribution in [2.45, 2.75) is 19.9 Å². The fourth-order valence-electron chi connectivity index (χ4n) is 1.55. The van der Waals surface area contributed by atoms with Gasteiger partial charge >= 0.3 is 0 Å². The molecule has 1 aromatic carbocycles. The zero-order valence-corrected chi connectivity index (χ0v) is 11.7. The maximum atomic E-state index is 11.9. The maximum absolute atomic E-state index is 11.9. The van der Waals surface area contributed by atoms with Crippen molar-refractivity contribution in [3.05, 3.63) is 59.2 Å². The van der Waals surface area contributed by atoms with E-state index < -0.39 is 0 Å². The molecule has 1 amide bonds. The Kier molecular flexibility index (Phi) is 5.66. The highest BCUT2D eigenvalue weighted by atomic mass is 35.5. The van der Waals surface area contributed by atoms with Gasteiger partial charge in [0.05, 0.1) is 6.04 Å². The average molecular weight is 264 g/mol. The van der Waals surface area contributed by atoms with Crippen molar-refractivity contribution in [1.29, 1.82) is 0 Å². The first kappa shape index (κ1) is 14.5. The second-order valence-electron chi connectivity index (χ2n) is 4.07. The zero-order chi connectivity index (χ0) is 13.5. The topological polar surface area (TPSA) is 20.3 Å². The van der Waals surface area contributed by atoms with Gasteiger partial charge < -0.3 is 4.90 Å². The SMILES string of the molecule is C/C=C/C=C/C(=O)N(C)C(C)c1cccc(Cl)c1. The number of hydrogen-bond donors (Lipinski definition) is 0. The van der Waals surface area contributed by atoms with Crippen LogP contribution in [0.3, 0.4) is 0 Å². The Hall–Kier alpha value is -1.54. The summed E-state index contributed by atoms with van der Waals surface area (Å²) in [6.45, 7) is 3.89. The van der Waals surface area contributed by atoms with Crippen LogP contribution in [0.15, 0.2) is 48.6 Å². The smallest absolute Gasteiger partial charge is 0.246 e. The van der Waals surface area contributed by atoms with Crippen LogP contribution in [0.4, 0.5) is 0 Å². The van der Waals surface area contributed by atoms with E-state index in [4.69, 9.17) is 11.6 Å².